The van der Waals surface area contributed by atoms with Gasteiger partial charge in [-0.1, -0.05) is 202 Å². The summed E-state index contributed by atoms with van der Waals surface area (Å²) in [6.45, 7) is 3.42. The number of ether oxygens (including phenoxy) is 1. The summed E-state index contributed by atoms with van der Waals surface area (Å²) in [6, 6.07) is 22.6. The third-order valence-corrected chi connectivity index (χ3v) is 13.2. The molecule has 5 nitrogen and oxygen atoms in total. The highest BCUT2D eigenvalue weighted by molar-refractivity contribution is 6.09. The number of benzene rings is 10. The molecule has 0 radical (unpaired) electrons. The zero-order valence-electron chi connectivity index (χ0n) is 63.9. The van der Waals surface area contributed by atoms with Crippen molar-refractivity contribution in [2.75, 3.05) is 0 Å². The van der Waals surface area contributed by atoms with Gasteiger partial charge >= 0.3 is 0 Å². The normalized spacial score (nSPS) is 16.1. The number of hydrogen-bond donors (Lipinski definition) is 0. The Balaban J connectivity index is 1.05. The minimum atomic E-state index is -2.86. The molecule has 0 saturated heterocycles. The van der Waals surface area contributed by atoms with Crippen molar-refractivity contribution in [3.8, 4) is 84.3 Å². The number of hydrogen-bond acceptors (Lipinski definition) is 2. The number of para-hydroxylation sites is 1. The van der Waals surface area contributed by atoms with E-state index in [9.17, 15) is 5.48 Å². The quantitative estimate of drug-likeness (QED) is 0.101. The van der Waals surface area contributed by atoms with Gasteiger partial charge in [-0.15, -0.1) is 0 Å². The summed E-state index contributed by atoms with van der Waals surface area (Å²) in [5, 5.41) is 1.47. The van der Waals surface area contributed by atoms with Gasteiger partial charge in [-0.2, -0.15) is 0 Å². The zero-order chi connectivity index (χ0) is 71.2. The van der Waals surface area contributed by atoms with Gasteiger partial charge in [0.2, 0.25) is 0 Å². The fourth-order valence-corrected chi connectivity index (χ4v) is 9.61. The van der Waals surface area contributed by atoms with Crippen molar-refractivity contribution in [2.45, 2.75) is 33.0 Å². The fraction of sp³-hybridized carbons (Fsp3) is 0.0704. The summed E-state index contributed by atoms with van der Waals surface area (Å²) >= 11 is 0. The highest BCUT2D eigenvalue weighted by atomic mass is 16.5. The lowest BCUT2D eigenvalue weighted by Crippen LogP contribution is -2.31. The molecule has 0 aliphatic carbocycles. The third kappa shape index (κ3) is 8.52. The molecule has 5 heteroatoms. The maximum absolute atomic E-state index is 9.49. The van der Waals surface area contributed by atoms with E-state index in [1.165, 1.54) is 29.0 Å². The number of pyridine rings is 1. The molecule has 364 valence electrons. The topological polar surface area (TPSA) is 35.9 Å². The molecule has 0 aliphatic rings. The summed E-state index contributed by atoms with van der Waals surface area (Å²) in [5.41, 5.74) is 1.61. The average molecular weight is 1000 g/mol. The van der Waals surface area contributed by atoms with Gasteiger partial charge in [0.1, 0.15) is 17.3 Å². The second kappa shape index (κ2) is 19.0. The third-order valence-electron chi connectivity index (χ3n) is 13.2. The van der Waals surface area contributed by atoms with Crippen molar-refractivity contribution in [1.82, 2.24) is 14.1 Å². The molecule has 0 fully saturated rings. The Labute approximate surface area is 476 Å². The summed E-state index contributed by atoms with van der Waals surface area (Å²) < 4.78 is 215. The first-order chi connectivity index (χ1) is 46.7. The molecule has 3 aromatic heterocycles. The van der Waals surface area contributed by atoms with Crippen LogP contribution in [0.1, 0.15) is 63.4 Å². The van der Waals surface area contributed by atoms with Gasteiger partial charge in [-0.25, -0.2) is 4.98 Å². The van der Waals surface area contributed by atoms with Crippen LogP contribution in [0, 0.1) is 13.2 Å². The van der Waals surface area contributed by atoms with E-state index in [0.29, 0.717) is 44.5 Å². The summed E-state index contributed by atoms with van der Waals surface area (Å²) in [7, 11) is 0. The van der Waals surface area contributed by atoms with E-state index in [0.717, 1.165) is 16.5 Å². The molecular formula is C71H54N4O. The van der Waals surface area contributed by atoms with E-state index in [2.05, 4.69) is 27.1 Å². The van der Waals surface area contributed by atoms with Crippen LogP contribution in [0.3, 0.4) is 0 Å². The Morgan fingerprint density at radius 2 is 1.11 bits per heavy atom. The Morgan fingerprint density at radius 3 is 1.76 bits per heavy atom. The van der Waals surface area contributed by atoms with Crippen LogP contribution in [0.15, 0.2) is 254 Å². The summed E-state index contributed by atoms with van der Waals surface area (Å²) in [4.78, 5) is 4.71. The highest BCUT2D eigenvalue weighted by Crippen LogP contribution is 2.41. The molecule has 3 heterocycles. The van der Waals surface area contributed by atoms with Crippen molar-refractivity contribution >= 4 is 32.8 Å². The monoisotopic (exact) mass is 1000 g/mol. The van der Waals surface area contributed by atoms with E-state index >= 15 is 0 Å². The molecule has 0 aliphatic heterocycles. The lowest BCUT2D eigenvalue weighted by molar-refractivity contribution is -0.571. The first kappa shape index (κ1) is 27.6. The zero-order valence-corrected chi connectivity index (χ0v) is 40.9. The Kier molecular flexibility index (Phi) is 6.92. The van der Waals surface area contributed by atoms with Crippen LogP contribution in [0.4, 0.5) is 0 Å². The van der Waals surface area contributed by atoms with Gasteiger partial charge in [-0.05, 0) is 134 Å². The van der Waals surface area contributed by atoms with Gasteiger partial charge in [0.25, 0.3) is 6.33 Å². The van der Waals surface area contributed by atoms with Crippen LogP contribution in [0.2, 0.25) is 0 Å². The maximum atomic E-state index is 9.49. The molecular weight excluding hydrogens is 925 g/mol. The van der Waals surface area contributed by atoms with Gasteiger partial charge in [-0.3, -0.25) is 13.7 Å². The molecule has 13 aromatic rings. The first-order valence-electron chi connectivity index (χ1n) is 35.6. The van der Waals surface area contributed by atoms with Gasteiger partial charge in [0.15, 0.2) is 0 Å². The molecule has 0 amide bonds. The lowest BCUT2D eigenvalue weighted by Gasteiger charge is -2.20. The van der Waals surface area contributed by atoms with Crippen molar-refractivity contribution in [3.05, 3.63) is 272 Å². The highest BCUT2D eigenvalue weighted by Gasteiger charge is 2.23. The van der Waals surface area contributed by atoms with Crippen molar-refractivity contribution in [2.24, 2.45) is 0 Å². The standard InChI is InChI=1S/C71H54N4O/c1-48-40-69(72-46-64(48)53-26-15-8-16-27-53)75-65-31-18-17-30-60(65)61-38-37-59(45-67(61)75)76-58-29-19-28-57(44-58)73-47-74(66-39-34-54(43-68(66)73)50-32-35-56(36-33-50)71(2,3)4)70-62(51-22-11-6-12-23-51)41-55(49-20-9-5-10-21-49)42-63(70)52-24-13-7-14-25-52/h5-46H,1-4H3/i1D3,5D,6D,7D,8D,9D,10D,11D,12D,13D,14D,15D,16D,20D,21D,22D,23D,24D,25D,26D,27D. The molecule has 0 spiro atoms. The molecule has 0 unspecified atom stereocenters. The van der Waals surface area contributed by atoms with Crippen LogP contribution in [0.25, 0.3) is 106 Å². The van der Waals surface area contributed by atoms with Crippen LogP contribution >= 0.6 is 0 Å². The second-order valence-electron chi connectivity index (χ2n) is 18.9. The summed E-state index contributed by atoms with van der Waals surface area (Å²) in [5.74, 6) is 0.681. The molecule has 13 rings (SSSR count). The lowest BCUT2D eigenvalue weighted by atomic mass is 9.86. The smallest absolute Gasteiger partial charge is 0.269 e. The van der Waals surface area contributed by atoms with E-state index < -0.39 is 144 Å². The van der Waals surface area contributed by atoms with E-state index in [4.69, 9.17) is 35.8 Å². The van der Waals surface area contributed by atoms with E-state index in [-0.39, 0.29) is 56.1 Å². The largest absolute Gasteiger partial charge is 0.458 e. The fourth-order valence-electron chi connectivity index (χ4n) is 9.61. The second-order valence-corrected chi connectivity index (χ2v) is 18.9. The van der Waals surface area contributed by atoms with Gasteiger partial charge in [0, 0.05) is 32.7 Å². The van der Waals surface area contributed by atoms with E-state index in [1.807, 2.05) is 60.7 Å². The van der Waals surface area contributed by atoms with E-state index in [1.54, 1.807) is 57.7 Å². The number of rotatable bonds is 10. The number of aromatic nitrogens is 4. The molecule has 0 saturated carbocycles. The van der Waals surface area contributed by atoms with Crippen molar-refractivity contribution < 1.29 is 40.8 Å². The van der Waals surface area contributed by atoms with Crippen molar-refractivity contribution in [3.63, 3.8) is 0 Å². The minimum absolute atomic E-state index is 0.128. The predicted octanol–water partition coefficient (Wildman–Crippen LogP) is 17.9. The molecule has 0 atom stereocenters. The maximum Gasteiger partial charge on any atom is 0.269 e. The van der Waals surface area contributed by atoms with Gasteiger partial charge < -0.3 is 4.74 Å². The van der Waals surface area contributed by atoms with Crippen molar-refractivity contribution in [1.29, 1.82) is 0 Å². The SMILES string of the molecule is [2H]c1c([2H])c([2H])c(-c2cc(-c3c([2H])c([2H])c([2H])c([2H])c3[2H])c(-[n+]3[c-]n(-c4cccc(Oc5ccc6c7ccccc7n(-c7cc(C([2H])([2H])[2H])c(-c8c([2H])c([2H])c([2H])c([2H])c8[2H])cn7)c6c5)c4)c4cc(-c5ccc(C(C)(C)C)cc5)ccc43)c(-c3c([2H])c([2H])c([2H])c([2H])c3[2H])c2)c([2H])c1[2H]. The predicted molar refractivity (Wildman–Crippen MR) is 313 cm³/mol. The first-order valence-corrected chi connectivity index (χ1v) is 24.1. The Bertz CT molecular complexity index is 5430. The molecule has 0 bridgehead atoms. The average Bonchev–Trinajstić information content (AvgIpc) is 1.73. The van der Waals surface area contributed by atoms with Crippen LogP contribution < -0.4 is 9.30 Å². The molecule has 76 heavy (non-hydrogen) atoms. The molecule has 10 aromatic carbocycles. The van der Waals surface area contributed by atoms with Crippen LogP contribution in [0.5, 0.6) is 11.5 Å². The number of imidazole rings is 1. The van der Waals surface area contributed by atoms with Gasteiger partial charge in [0.05, 0.1) is 60.9 Å². The Morgan fingerprint density at radius 1 is 0.500 bits per heavy atom. The summed E-state index contributed by atoms with van der Waals surface area (Å²) in [6.07, 6.45) is 4.63. The minimum Gasteiger partial charge on any atom is -0.458 e. The van der Waals surface area contributed by atoms with Crippen LogP contribution in [-0.4, -0.2) is 14.1 Å². The Hall–Kier alpha value is -9.58. The van der Waals surface area contributed by atoms with Crippen LogP contribution in [-0.2, 0) is 5.41 Å². The number of aryl methyl sites for hydroxylation is 1. The molecule has 0 N–H and O–H groups in total. The number of fused-ring (bicyclic) bond motifs is 4. The number of nitrogens with zero attached hydrogens (tertiary/aromatic N) is 4.